The van der Waals surface area contributed by atoms with Crippen LogP contribution >= 0.6 is 11.6 Å². The van der Waals surface area contributed by atoms with Gasteiger partial charge in [0.1, 0.15) is 23.0 Å². The van der Waals surface area contributed by atoms with E-state index in [-0.39, 0.29) is 17.0 Å². The second-order valence-electron chi connectivity index (χ2n) is 7.72. The molecule has 0 aliphatic carbocycles. The van der Waals surface area contributed by atoms with Crippen molar-refractivity contribution in [1.82, 2.24) is 14.9 Å². The summed E-state index contributed by atoms with van der Waals surface area (Å²) < 4.78 is 16.2. The number of carbonyl (C=O) groups is 1. The number of aromatic nitrogens is 2. The highest BCUT2D eigenvalue weighted by Crippen LogP contribution is 2.32. The van der Waals surface area contributed by atoms with E-state index in [0.29, 0.717) is 29.3 Å². The zero-order valence-corrected chi connectivity index (χ0v) is 19.3. The van der Waals surface area contributed by atoms with Gasteiger partial charge in [-0.2, -0.15) is 0 Å². The summed E-state index contributed by atoms with van der Waals surface area (Å²) in [5.74, 6) is -0.155. The van der Waals surface area contributed by atoms with Crippen molar-refractivity contribution in [3.63, 3.8) is 0 Å². The molecule has 1 atom stereocenters. The van der Waals surface area contributed by atoms with Gasteiger partial charge in [-0.05, 0) is 31.0 Å². The predicted molar refractivity (Wildman–Crippen MR) is 131 cm³/mol. The molecule has 1 aromatic heterocycles. The molecule has 1 N–H and O–H groups in total. The van der Waals surface area contributed by atoms with E-state index >= 15 is 0 Å². The first-order valence-corrected chi connectivity index (χ1v) is 11.4. The lowest BCUT2D eigenvalue weighted by atomic mass is 10.0. The van der Waals surface area contributed by atoms with E-state index in [0.717, 1.165) is 17.5 Å². The van der Waals surface area contributed by atoms with Gasteiger partial charge in [-0.15, -0.1) is 0 Å². The molecule has 33 heavy (non-hydrogen) atoms. The lowest BCUT2D eigenvalue weighted by Crippen LogP contribution is -2.30. The van der Waals surface area contributed by atoms with Crippen LogP contribution in [-0.2, 0) is 6.54 Å². The van der Waals surface area contributed by atoms with Crippen LogP contribution in [0.3, 0.4) is 0 Å². The fourth-order valence-corrected chi connectivity index (χ4v) is 4.09. The fraction of sp³-hybridized carbons (Fsp3) is 0.185. The van der Waals surface area contributed by atoms with E-state index < -0.39 is 5.82 Å². The van der Waals surface area contributed by atoms with Gasteiger partial charge in [-0.3, -0.25) is 4.79 Å². The normalized spacial score (nSPS) is 11.9. The van der Waals surface area contributed by atoms with Gasteiger partial charge in [0.2, 0.25) is 0 Å². The van der Waals surface area contributed by atoms with Crippen LogP contribution in [0.5, 0.6) is 0 Å². The van der Waals surface area contributed by atoms with Crippen molar-refractivity contribution in [3.8, 4) is 22.6 Å². The average molecular weight is 462 g/mol. The molecule has 168 valence electrons. The Bertz CT molecular complexity index is 1260. The highest BCUT2D eigenvalue weighted by atomic mass is 35.5. The first kappa shape index (κ1) is 22.7. The van der Waals surface area contributed by atoms with Gasteiger partial charge in [0, 0.05) is 17.7 Å². The molecule has 0 radical (unpaired) electrons. The summed E-state index contributed by atoms with van der Waals surface area (Å²) >= 11 is 5.91. The van der Waals surface area contributed by atoms with Crippen molar-refractivity contribution in [3.05, 3.63) is 101 Å². The number of hydrogen-bond acceptors (Lipinski definition) is 2. The lowest BCUT2D eigenvalue weighted by Gasteiger charge is -2.19. The summed E-state index contributed by atoms with van der Waals surface area (Å²) in [4.78, 5) is 18.5. The molecule has 6 heteroatoms. The van der Waals surface area contributed by atoms with Crippen LogP contribution in [0, 0.1) is 5.82 Å². The van der Waals surface area contributed by atoms with Crippen LogP contribution in [0.25, 0.3) is 22.6 Å². The molecule has 0 aliphatic rings. The van der Waals surface area contributed by atoms with E-state index in [1.165, 1.54) is 12.1 Å². The minimum absolute atomic E-state index is 0.0260. The van der Waals surface area contributed by atoms with Crippen molar-refractivity contribution >= 4 is 17.5 Å². The summed E-state index contributed by atoms with van der Waals surface area (Å²) in [5.41, 5.74) is 3.22. The molecule has 4 aromatic rings. The SMILES string of the molecule is CCC(NC(=O)c1c(-c2ccc(Cl)c(F)c2)nc(-c2ccccc2)n1CC)c1ccccc1. The molecule has 0 fully saturated rings. The zero-order chi connectivity index (χ0) is 23.4. The molecular formula is C27H25ClFN3O. The van der Waals surface area contributed by atoms with E-state index in [1.54, 1.807) is 6.07 Å². The van der Waals surface area contributed by atoms with Crippen LogP contribution in [0.4, 0.5) is 4.39 Å². The Morgan fingerprint density at radius 3 is 2.27 bits per heavy atom. The molecular weight excluding hydrogens is 437 g/mol. The van der Waals surface area contributed by atoms with Gasteiger partial charge in [0.15, 0.2) is 0 Å². The van der Waals surface area contributed by atoms with Crippen LogP contribution < -0.4 is 5.32 Å². The third-order valence-electron chi connectivity index (χ3n) is 5.64. The average Bonchev–Trinajstić information content (AvgIpc) is 3.25. The van der Waals surface area contributed by atoms with Crippen LogP contribution in [-0.4, -0.2) is 15.5 Å². The number of amides is 1. The topological polar surface area (TPSA) is 46.9 Å². The minimum Gasteiger partial charge on any atom is -0.344 e. The van der Waals surface area contributed by atoms with E-state index in [9.17, 15) is 9.18 Å². The number of benzene rings is 3. The van der Waals surface area contributed by atoms with E-state index in [1.807, 2.05) is 79.1 Å². The molecule has 3 aromatic carbocycles. The van der Waals surface area contributed by atoms with Gasteiger partial charge in [-0.25, -0.2) is 9.37 Å². The third-order valence-corrected chi connectivity index (χ3v) is 5.95. The van der Waals surface area contributed by atoms with Gasteiger partial charge in [0.25, 0.3) is 5.91 Å². The Balaban J connectivity index is 1.85. The van der Waals surface area contributed by atoms with Crippen LogP contribution in [0.15, 0.2) is 78.9 Å². The van der Waals surface area contributed by atoms with Crippen molar-refractivity contribution in [1.29, 1.82) is 0 Å². The molecule has 0 aliphatic heterocycles. The fourth-order valence-electron chi connectivity index (χ4n) is 3.98. The quantitative estimate of drug-likeness (QED) is 0.325. The Morgan fingerprint density at radius 2 is 1.67 bits per heavy atom. The van der Waals surface area contributed by atoms with Crippen LogP contribution in [0.2, 0.25) is 5.02 Å². The smallest absolute Gasteiger partial charge is 0.270 e. The summed E-state index contributed by atoms with van der Waals surface area (Å²) in [6.07, 6.45) is 0.729. The predicted octanol–water partition coefficient (Wildman–Crippen LogP) is 6.91. The Labute approximate surface area is 198 Å². The van der Waals surface area contributed by atoms with Crippen molar-refractivity contribution in [2.24, 2.45) is 0 Å². The van der Waals surface area contributed by atoms with Crippen molar-refractivity contribution in [2.45, 2.75) is 32.9 Å². The molecule has 4 nitrogen and oxygen atoms in total. The summed E-state index contributed by atoms with van der Waals surface area (Å²) in [6.45, 7) is 4.52. The number of nitrogens with one attached hydrogen (secondary N) is 1. The van der Waals surface area contributed by atoms with E-state index in [2.05, 4.69) is 5.32 Å². The van der Waals surface area contributed by atoms with Crippen molar-refractivity contribution in [2.75, 3.05) is 0 Å². The number of nitrogens with zero attached hydrogens (tertiary/aromatic N) is 2. The summed E-state index contributed by atoms with van der Waals surface area (Å²) in [7, 11) is 0. The van der Waals surface area contributed by atoms with Crippen molar-refractivity contribution < 1.29 is 9.18 Å². The standard InChI is InChI=1S/C27H25ClFN3O/c1-3-23(18-11-7-5-8-12-18)30-27(33)25-24(20-15-16-21(28)22(29)17-20)31-26(32(25)4-2)19-13-9-6-10-14-19/h5-17,23H,3-4H2,1-2H3,(H,30,33). The lowest BCUT2D eigenvalue weighted by molar-refractivity contribution is 0.0927. The molecule has 1 unspecified atom stereocenters. The van der Waals surface area contributed by atoms with Gasteiger partial charge in [-0.1, -0.05) is 85.3 Å². The molecule has 0 bridgehead atoms. The summed E-state index contributed by atoms with van der Waals surface area (Å²) in [6, 6.07) is 23.9. The molecule has 0 saturated heterocycles. The molecule has 1 heterocycles. The minimum atomic E-state index is -0.552. The van der Waals surface area contributed by atoms with Crippen LogP contribution in [0.1, 0.15) is 42.4 Å². The monoisotopic (exact) mass is 461 g/mol. The van der Waals surface area contributed by atoms with Gasteiger partial charge in [0.05, 0.1) is 11.1 Å². The molecule has 4 rings (SSSR count). The van der Waals surface area contributed by atoms with E-state index in [4.69, 9.17) is 16.6 Å². The first-order valence-electron chi connectivity index (χ1n) is 11.0. The van der Waals surface area contributed by atoms with Gasteiger partial charge >= 0.3 is 0 Å². The summed E-state index contributed by atoms with van der Waals surface area (Å²) in [5, 5.41) is 3.18. The maximum Gasteiger partial charge on any atom is 0.270 e. The number of imidazole rings is 1. The molecule has 0 spiro atoms. The first-order chi connectivity index (χ1) is 16.0. The maximum absolute atomic E-state index is 14.3. The third kappa shape index (κ3) is 4.69. The number of hydrogen-bond donors (Lipinski definition) is 1. The highest BCUT2D eigenvalue weighted by molar-refractivity contribution is 6.30. The second kappa shape index (κ2) is 10.0. The second-order valence-corrected chi connectivity index (χ2v) is 8.12. The molecule has 0 saturated carbocycles. The number of rotatable bonds is 7. The Hall–Kier alpha value is -3.44. The zero-order valence-electron chi connectivity index (χ0n) is 18.6. The molecule has 1 amide bonds. The Morgan fingerprint density at radius 1 is 1.00 bits per heavy atom. The largest absolute Gasteiger partial charge is 0.344 e. The number of carbonyl (C=O) groups excluding carboxylic acids is 1. The number of halogens is 2. The highest BCUT2D eigenvalue weighted by Gasteiger charge is 2.26. The maximum atomic E-state index is 14.3. The Kier molecular flexibility index (Phi) is 6.90. The van der Waals surface area contributed by atoms with Gasteiger partial charge < -0.3 is 9.88 Å².